The van der Waals surface area contributed by atoms with Crippen molar-refractivity contribution in [1.29, 1.82) is 0 Å². The van der Waals surface area contributed by atoms with Crippen LogP contribution < -0.4 is 12.4 Å². The third-order valence-electron chi connectivity index (χ3n) is 5.45. The van der Waals surface area contributed by atoms with Gasteiger partial charge in [-0.1, -0.05) is 104 Å². The van der Waals surface area contributed by atoms with Crippen molar-refractivity contribution < 1.29 is 16.9 Å². The maximum absolute atomic E-state index is 2.38. The summed E-state index contributed by atoms with van der Waals surface area (Å²) in [5.41, 5.74) is 0. The summed E-state index contributed by atoms with van der Waals surface area (Å²) in [4.78, 5) is 0. The van der Waals surface area contributed by atoms with Crippen LogP contribution in [0.25, 0.3) is 0 Å². The Kier molecular flexibility index (Phi) is 22.6. The van der Waals surface area contributed by atoms with Crippen molar-refractivity contribution in [1.82, 2.24) is 0 Å². The Bertz CT molecular complexity index is 240. The molecular formula is C23H50ClN. The molecule has 154 valence electrons. The van der Waals surface area contributed by atoms with Crippen LogP contribution in [-0.2, 0) is 0 Å². The highest BCUT2D eigenvalue weighted by Crippen LogP contribution is 2.14. The minimum absolute atomic E-state index is 0. The van der Waals surface area contributed by atoms with Crippen LogP contribution in [0.5, 0.6) is 0 Å². The molecule has 0 heterocycles. The van der Waals surface area contributed by atoms with Crippen LogP contribution >= 0.6 is 0 Å². The zero-order chi connectivity index (χ0) is 17.9. The van der Waals surface area contributed by atoms with E-state index in [0.29, 0.717) is 0 Å². The van der Waals surface area contributed by atoms with Crippen LogP contribution in [0.15, 0.2) is 0 Å². The van der Waals surface area contributed by atoms with Gasteiger partial charge in [0.2, 0.25) is 0 Å². The van der Waals surface area contributed by atoms with E-state index >= 15 is 0 Å². The van der Waals surface area contributed by atoms with E-state index in [9.17, 15) is 0 Å². The lowest BCUT2D eigenvalue weighted by molar-refractivity contribution is -0.890. The molecule has 0 saturated carbocycles. The molecule has 2 heteroatoms. The fraction of sp³-hybridized carbons (Fsp3) is 1.00. The molecule has 0 aromatic carbocycles. The van der Waals surface area contributed by atoms with E-state index in [4.69, 9.17) is 0 Å². The first kappa shape index (κ1) is 27.5. The molecule has 0 amide bonds. The van der Waals surface area contributed by atoms with E-state index in [0.717, 1.165) is 0 Å². The number of halogens is 1. The molecular weight excluding hydrogens is 326 g/mol. The standard InChI is InChI=1S/C23H50N.ClH/c1-5-7-8-9-10-11-12-13-14-15-16-17-18-19-20-21-23-24(3,4)22-6-2;/h5-23H2,1-4H3;1H/q+1;/p-1. The molecule has 1 nitrogen and oxygen atoms in total. The predicted octanol–water partition coefficient (Wildman–Crippen LogP) is 4.74. The lowest BCUT2D eigenvalue weighted by atomic mass is 10.0. The van der Waals surface area contributed by atoms with Gasteiger partial charge in [-0.3, -0.25) is 0 Å². The van der Waals surface area contributed by atoms with Gasteiger partial charge in [-0.25, -0.2) is 0 Å². The third-order valence-corrected chi connectivity index (χ3v) is 5.45. The van der Waals surface area contributed by atoms with Crippen molar-refractivity contribution in [2.45, 2.75) is 123 Å². The van der Waals surface area contributed by atoms with Gasteiger partial charge in [-0.15, -0.1) is 0 Å². The van der Waals surface area contributed by atoms with E-state index in [-0.39, 0.29) is 12.4 Å². The van der Waals surface area contributed by atoms with E-state index in [1.54, 1.807) is 0 Å². The molecule has 0 bridgehead atoms. The summed E-state index contributed by atoms with van der Waals surface area (Å²) < 4.78 is 1.22. The highest BCUT2D eigenvalue weighted by atomic mass is 35.5. The van der Waals surface area contributed by atoms with Gasteiger partial charge in [0.25, 0.3) is 0 Å². The van der Waals surface area contributed by atoms with Crippen LogP contribution in [0.4, 0.5) is 0 Å². The monoisotopic (exact) mass is 375 g/mol. The minimum atomic E-state index is 0. The van der Waals surface area contributed by atoms with E-state index in [1.165, 1.54) is 127 Å². The second kappa shape index (κ2) is 20.6. The van der Waals surface area contributed by atoms with Crippen LogP contribution in [0.2, 0.25) is 0 Å². The largest absolute Gasteiger partial charge is 1.00 e. The van der Waals surface area contributed by atoms with Gasteiger partial charge in [0.1, 0.15) is 0 Å². The summed E-state index contributed by atoms with van der Waals surface area (Å²) in [6.45, 7) is 7.30. The average molecular weight is 376 g/mol. The predicted molar refractivity (Wildman–Crippen MR) is 112 cm³/mol. The minimum Gasteiger partial charge on any atom is -1.00 e. The second-order valence-corrected chi connectivity index (χ2v) is 8.69. The van der Waals surface area contributed by atoms with E-state index < -0.39 is 0 Å². The molecule has 0 N–H and O–H groups in total. The van der Waals surface area contributed by atoms with E-state index in [1.807, 2.05) is 0 Å². The molecule has 0 fully saturated rings. The summed E-state index contributed by atoms with van der Waals surface area (Å²) in [5, 5.41) is 0. The number of hydrogen-bond donors (Lipinski definition) is 0. The Labute approximate surface area is 167 Å². The fourth-order valence-electron chi connectivity index (χ4n) is 3.81. The summed E-state index contributed by atoms with van der Waals surface area (Å²) in [5.74, 6) is 0. The SMILES string of the molecule is CCCCCCCCCCCCCCCCCC[N+](C)(C)CCC.[Cl-]. The van der Waals surface area contributed by atoms with Crippen molar-refractivity contribution >= 4 is 0 Å². The normalized spacial score (nSPS) is 11.5. The van der Waals surface area contributed by atoms with Gasteiger partial charge in [-0.05, 0) is 19.3 Å². The number of nitrogens with zero attached hydrogens (tertiary/aromatic N) is 1. The first-order valence-electron chi connectivity index (χ1n) is 11.4. The molecule has 0 spiro atoms. The van der Waals surface area contributed by atoms with Crippen molar-refractivity contribution in [2.75, 3.05) is 27.2 Å². The summed E-state index contributed by atoms with van der Waals surface area (Å²) in [6, 6.07) is 0. The van der Waals surface area contributed by atoms with Crippen molar-refractivity contribution in [3.63, 3.8) is 0 Å². The molecule has 0 atom stereocenters. The van der Waals surface area contributed by atoms with Gasteiger partial charge in [0, 0.05) is 0 Å². The Morgan fingerprint density at radius 2 is 0.720 bits per heavy atom. The highest BCUT2D eigenvalue weighted by Gasteiger charge is 2.11. The number of quaternary nitrogens is 1. The molecule has 0 unspecified atom stereocenters. The topological polar surface area (TPSA) is 0 Å². The average Bonchev–Trinajstić information content (AvgIpc) is 2.54. The number of unbranched alkanes of at least 4 members (excludes halogenated alkanes) is 15. The van der Waals surface area contributed by atoms with Gasteiger partial charge in [0.15, 0.2) is 0 Å². The molecule has 0 rings (SSSR count). The molecule has 0 saturated heterocycles. The molecule has 0 radical (unpaired) electrons. The summed E-state index contributed by atoms with van der Waals surface area (Å²) in [6.07, 6.45) is 24.7. The number of hydrogen-bond acceptors (Lipinski definition) is 0. The molecule has 0 aromatic rings. The molecule has 0 aliphatic heterocycles. The van der Waals surface area contributed by atoms with Crippen LogP contribution in [-0.4, -0.2) is 31.7 Å². The van der Waals surface area contributed by atoms with Gasteiger partial charge in [-0.2, -0.15) is 0 Å². The maximum atomic E-state index is 2.38. The third kappa shape index (κ3) is 22.2. The second-order valence-electron chi connectivity index (χ2n) is 8.69. The van der Waals surface area contributed by atoms with Gasteiger partial charge in [0.05, 0.1) is 27.2 Å². The Hall–Kier alpha value is 0.250. The lowest BCUT2D eigenvalue weighted by Crippen LogP contribution is -3.00. The Morgan fingerprint density at radius 3 is 1.04 bits per heavy atom. The van der Waals surface area contributed by atoms with E-state index in [2.05, 4.69) is 27.9 Å². The zero-order valence-electron chi connectivity index (χ0n) is 18.3. The maximum Gasteiger partial charge on any atom is 0.0782 e. The first-order chi connectivity index (χ1) is 11.6. The summed E-state index contributed by atoms with van der Waals surface area (Å²) >= 11 is 0. The molecule has 0 aliphatic carbocycles. The van der Waals surface area contributed by atoms with Gasteiger partial charge < -0.3 is 16.9 Å². The Morgan fingerprint density at radius 1 is 0.400 bits per heavy atom. The van der Waals surface area contributed by atoms with Crippen molar-refractivity contribution in [3.8, 4) is 0 Å². The van der Waals surface area contributed by atoms with Crippen molar-refractivity contribution in [2.24, 2.45) is 0 Å². The van der Waals surface area contributed by atoms with Crippen LogP contribution in [0, 0.1) is 0 Å². The Balaban J connectivity index is 0. The molecule has 25 heavy (non-hydrogen) atoms. The zero-order valence-corrected chi connectivity index (χ0v) is 19.0. The lowest BCUT2D eigenvalue weighted by Gasteiger charge is -2.29. The first-order valence-corrected chi connectivity index (χ1v) is 11.4. The van der Waals surface area contributed by atoms with Crippen LogP contribution in [0.3, 0.4) is 0 Å². The number of rotatable bonds is 19. The highest BCUT2D eigenvalue weighted by molar-refractivity contribution is 4.50. The van der Waals surface area contributed by atoms with Crippen molar-refractivity contribution in [3.05, 3.63) is 0 Å². The molecule has 0 aromatic heterocycles. The summed E-state index contributed by atoms with van der Waals surface area (Å²) in [7, 11) is 4.77. The smallest absolute Gasteiger partial charge is 0.0782 e. The molecule has 0 aliphatic rings. The van der Waals surface area contributed by atoms with Crippen LogP contribution in [0.1, 0.15) is 123 Å². The quantitative estimate of drug-likeness (QED) is 0.226. The van der Waals surface area contributed by atoms with Gasteiger partial charge >= 0.3 is 0 Å². The fourth-order valence-corrected chi connectivity index (χ4v) is 3.81.